The van der Waals surface area contributed by atoms with Crippen LogP contribution in [0.2, 0.25) is 0 Å². The van der Waals surface area contributed by atoms with Gasteiger partial charge in [0.2, 0.25) is 0 Å². The van der Waals surface area contributed by atoms with Crippen LogP contribution >= 0.6 is 0 Å². The molecule has 1 unspecified atom stereocenters. The predicted octanol–water partition coefficient (Wildman–Crippen LogP) is 2.18. The monoisotopic (exact) mass is 255 g/mol. The maximum atomic E-state index is 3.49. The van der Waals surface area contributed by atoms with Crippen molar-refractivity contribution in [2.75, 3.05) is 40.3 Å². The highest BCUT2D eigenvalue weighted by Gasteiger charge is 2.23. The lowest BCUT2D eigenvalue weighted by Crippen LogP contribution is -2.38. The number of unbranched alkanes of at least 4 members (excludes halogenated alkanes) is 2. The summed E-state index contributed by atoms with van der Waals surface area (Å²) < 4.78 is 0. The second kappa shape index (κ2) is 8.89. The van der Waals surface area contributed by atoms with E-state index < -0.39 is 0 Å². The molecule has 0 spiro atoms. The number of hydrogen-bond donors (Lipinski definition) is 1. The lowest BCUT2D eigenvalue weighted by molar-refractivity contribution is 0.204. The molecule has 1 N–H and O–H groups in total. The maximum absolute atomic E-state index is 3.49. The Labute approximate surface area is 114 Å². The molecule has 108 valence electrons. The molecule has 1 atom stereocenters. The number of nitrogens with one attached hydrogen (secondary N) is 1. The molecule has 1 heterocycles. The number of hydrogen-bond acceptors (Lipinski definition) is 3. The van der Waals surface area contributed by atoms with Gasteiger partial charge in [-0.25, -0.2) is 0 Å². The van der Waals surface area contributed by atoms with E-state index in [0.717, 1.165) is 6.04 Å². The van der Waals surface area contributed by atoms with Gasteiger partial charge in [0.1, 0.15) is 0 Å². The Morgan fingerprint density at radius 1 is 1.22 bits per heavy atom. The molecule has 1 saturated heterocycles. The van der Waals surface area contributed by atoms with E-state index in [2.05, 4.69) is 43.1 Å². The molecule has 0 bridgehead atoms. The summed E-state index contributed by atoms with van der Waals surface area (Å²) in [4.78, 5) is 5.03. The van der Waals surface area contributed by atoms with E-state index >= 15 is 0 Å². The van der Waals surface area contributed by atoms with E-state index in [1.165, 1.54) is 58.3 Å². The van der Waals surface area contributed by atoms with Crippen molar-refractivity contribution >= 4 is 0 Å². The Bertz CT molecular complexity index is 204. The third-order valence-electron chi connectivity index (χ3n) is 3.75. The summed E-state index contributed by atoms with van der Waals surface area (Å²) in [5, 5.41) is 3.49. The Morgan fingerprint density at radius 3 is 2.67 bits per heavy atom. The molecule has 0 aliphatic carbocycles. The topological polar surface area (TPSA) is 18.5 Å². The van der Waals surface area contributed by atoms with Gasteiger partial charge in [-0.1, -0.05) is 20.3 Å². The van der Waals surface area contributed by atoms with Gasteiger partial charge in [0.05, 0.1) is 0 Å². The highest BCUT2D eigenvalue weighted by molar-refractivity contribution is 4.80. The van der Waals surface area contributed by atoms with E-state index in [-0.39, 0.29) is 0 Å². The number of rotatable bonds is 9. The minimum Gasteiger partial charge on any atom is -0.315 e. The largest absolute Gasteiger partial charge is 0.315 e. The molecule has 1 aliphatic heterocycles. The first-order valence-electron chi connectivity index (χ1n) is 7.71. The van der Waals surface area contributed by atoms with Crippen LogP contribution in [-0.2, 0) is 0 Å². The second-order valence-corrected chi connectivity index (χ2v) is 6.26. The second-order valence-electron chi connectivity index (χ2n) is 6.26. The van der Waals surface area contributed by atoms with Crippen LogP contribution < -0.4 is 5.32 Å². The van der Waals surface area contributed by atoms with Crippen molar-refractivity contribution in [1.29, 1.82) is 0 Å². The molecule has 0 aromatic carbocycles. The van der Waals surface area contributed by atoms with E-state index in [1.54, 1.807) is 0 Å². The third kappa shape index (κ3) is 6.72. The molecule has 1 rings (SSSR count). The first kappa shape index (κ1) is 15.9. The van der Waals surface area contributed by atoms with Crippen LogP contribution in [0.4, 0.5) is 0 Å². The standard InChI is InChI=1S/C15H33N3/c1-14(2)16-10-6-5-7-11-18-12-8-9-15(18)13-17(3)4/h14-16H,5-13H2,1-4H3. The van der Waals surface area contributed by atoms with Crippen molar-refractivity contribution in [3.8, 4) is 0 Å². The summed E-state index contributed by atoms with van der Waals surface area (Å²) in [6.45, 7) is 9.47. The summed E-state index contributed by atoms with van der Waals surface area (Å²) in [6.07, 6.45) is 6.85. The van der Waals surface area contributed by atoms with Gasteiger partial charge < -0.3 is 10.2 Å². The number of likely N-dealkylation sites (N-methyl/N-ethyl adjacent to an activating group) is 1. The lowest BCUT2D eigenvalue weighted by atomic mass is 10.2. The van der Waals surface area contributed by atoms with Crippen LogP contribution in [-0.4, -0.2) is 62.2 Å². The van der Waals surface area contributed by atoms with Crippen molar-refractivity contribution in [2.24, 2.45) is 0 Å². The van der Waals surface area contributed by atoms with Gasteiger partial charge in [0.15, 0.2) is 0 Å². The van der Waals surface area contributed by atoms with E-state index in [0.29, 0.717) is 6.04 Å². The Hall–Kier alpha value is -0.120. The van der Waals surface area contributed by atoms with E-state index in [4.69, 9.17) is 0 Å². The van der Waals surface area contributed by atoms with Gasteiger partial charge in [-0.05, 0) is 59.4 Å². The summed E-state index contributed by atoms with van der Waals surface area (Å²) in [7, 11) is 4.38. The molecule has 18 heavy (non-hydrogen) atoms. The average Bonchev–Trinajstić information content (AvgIpc) is 2.69. The van der Waals surface area contributed by atoms with Gasteiger partial charge in [-0.15, -0.1) is 0 Å². The fraction of sp³-hybridized carbons (Fsp3) is 1.00. The minimum atomic E-state index is 0.632. The predicted molar refractivity (Wildman–Crippen MR) is 80.1 cm³/mol. The molecule has 0 saturated carbocycles. The number of nitrogens with zero attached hydrogens (tertiary/aromatic N) is 2. The van der Waals surface area contributed by atoms with Crippen LogP contribution in [0.25, 0.3) is 0 Å². The molecule has 0 amide bonds. The molecule has 1 fully saturated rings. The summed E-state index contributed by atoms with van der Waals surface area (Å²) in [6, 6.07) is 1.45. The van der Waals surface area contributed by atoms with Gasteiger partial charge >= 0.3 is 0 Å². The van der Waals surface area contributed by atoms with Gasteiger partial charge in [-0.3, -0.25) is 4.90 Å². The highest BCUT2D eigenvalue weighted by atomic mass is 15.2. The Morgan fingerprint density at radius 2 is 2.00 bits per heavy atom. The Balaban J connectivity index is 2.03. The van der Waals surface area contributed by atoms with Gasteiger partial charge in [0, 0.05) is 18.6 Å². The molecule has 0 aromatic rings. The van der Waals surface area contributed by atoms with Crippen LogP contribution in [0.1, 0.15) is 46.0 Å². The quantitative estimate of drug-likeness (QED) is 0.637. The smallest absolute Gasteiger partial charge is 0.0223 e. The molecule has 0 aromatic heterocycles. The molecular formula is C15H33N3. The maximum Gasteiger partial charge on any atom is 0.0223 e. The summed E-state index contributed by atoms with van der Waals surface area (Å²) in [5.41, 5.74) is 0. The van der Waals surface area contributed by atoms with Crippen LogP contribution in [0.15, 0.2) is 0 Å². The number of likely N-dealkylation sites (tertiary alicyclic amines) is 1. The SMILES string of the molecule is CC(C)NCCCCCN1CCCC1CN(C)C. The van der Waals surface area contributed by atoms with E-state index in [1.807, 2.05) is 0 Å². The van der Waals surface area contributed by atoms with Gasteiger partial charge in [-0.2, -0.15) is 0 Å². The average molecular weight is 255 g/mol. The zero-order valence-electron chi connectivity index (χ0n) is 12.9. The fourth-order valence-corrected chi connectivity index (χ4v) is 2.83. The van der Waals surface area contributed by atoms with Gasteiger partial charge in [0.25, 0.3) is 0 Å². The highest BCUT2D eigenvalue weighted by Crippen LogP contribution is 2.18. The zero-order chi connectivity index (χ0) is 13.4. The molecule has 3 heteroatoms. The summed E-state index contributed by atoms with van der Waals surface area (Å²) in [5.74, 6) is 0. The first-order valence-corrected chi connectivity index (χ1v) is 7.71. The van der Waals surface area contributed by atoms with Crippen molar-refractivity contribution in [3.05, 3.63) is 0 Å². The van der Waals surface area contributed by atoms with Crippen molar-refractivity contribution in [1.82, 2.24) is 15.1 Å². The van der Waals surface area contributed by atoms with Crippen molar-refractivity contribution in [3.63, 3.8) is 0 Å². The van der Waals surface area contributed by atoms with Crippen LogP contribution in [0, 0.1) is 0 Å². The third-order valence-corrected chi connectivity index (χ3v) is 3.75. The lowest BCUT2D eigenvalue weighted by Gasteiger charge is -2.26. The first-order chi connectivity index (χ1) is 8.59. The summed E-state index contributed by atoms with van der Waals surface area (Å²) >= 11 is 0. The normalized spacial score (nSPS) is 21.3. The zero-order valence-corrected chi connectivity index (χ0v) is 12.9. The van der Waals surface area contributed by atoms with E-state index in [9.17, 15) is 0 Å². The molecule has 1 aliphatic rings. The fourth-order valence-electron chi connectivity index (χ4n) is 2.83. The van der Waals surface area contributed by atoms with Crippen molar-refractivity contribution in [2.45, 2.75) is 58.0 Å². The molecular weight excluding hydrogens is 222 g/mol. The minimum absolute atomic E-state index is 0.632. The Kier molecular flexibility index (Phi) is 7.87. The van der Waals surface area contributed by atoms with Crippen LogP contribution in [0.3, 0.4) is 0 Å². The van der Waals surface area contributed by atoms with Crippen molar-refractivity contribution < 1.29 is 0 Å². The molecule has 0 radical (unpaired) electrons. The molecule has 3 nitrogen and oxygen atoms in total. The van der Waals surface area contributed by atoms with Crippen LogP contribution in [0.5, 0.6) is 0 Å².